The van der Waals surface area contributed by atoms with Crippen molar-refractivity contribution < 1.29 is 22.7 Å². The van der Waals surface area contributed by atoms with Crippen molar-refractivity contribution in [2.24, 2.45) is 0 Å². The fraction of sp³-hybridized carbons (Fsp3) is 0.435. The van der Waals surface area contributed by atoms with Crippen molar-refractivity contribution in [3.8, 4) is 11.5 Å². The number of amides is 1. The first-order chi connectivity index (χ1) is 15.3. The van der Waals surface area contributed by atoms with E-state index in [4.69, 9.17) is 9.47 Å². The Bertz CT molecular complexity index is 1020. The number of hydrazine groups is 1. The lowest BCUT2D eigenvalue weighted by Gasteiger charge is -2.29. The molecule has 1 amide bonds. The van der Waals surface area contributed by atoms with E-state index in [9.17, 15) is 13.2 Å². The smallest absolute Gasteiger partial charge is 0.423 e. The summed E-state index contributed by atoms with van der Waals surface area (Å²) in [6.07, 6.45) is 3.64. The first-order valence-corrected chi connectivity index (χ1v) is 12.8. The highest BCUT2D eigenvalue weighted by molar-refractivity contribution is 7.90. The fourth-order valence-corrected chi connectivity index (χ4v) is 4.30. The number of para-hydroxylation sites is 1. The molecule has 1 unspecified atom stereocenters. The number of unbranched alkanes of at least 4 members (excludes halogenated alkanes) is 2. The van der Waals surface area contributed by atoms with Gasteiger partial charge < -0.3 is 14.4 Å². The van der Waals surface area contributed by atoms with Gasteiger partial charge in [-0.15, -0.1) is 0 Å². The number of cyclic esters (lactones) is 1. The second-order valence-corrected chi connectivity index (χ2v) is 9.79. The predicted molar refractivity (Wildman–Crippen MR) is 124 cm³/mol. The van der Waals surface area contributed by atoms with Crippen molar-refractivity contribution >= 4 is 21.6 Å². The van der Waals surface area contributed by atoms with Gasteiger partial charge in [-0.05, 0) is 37.1 Å². The molecule has 0 bridgehead atoms. The van der Waals surface area contributed by atoms with Crippen molar-refractivity contribution in [3.63, 3.8) is 0 Å². The molecule has 9 heteroatoms. The number of hydrogen-bond donors (Lipinski definition) is 2. The van der Waals surface area contributed by atoms with Crippen LogP contribution in [0.25, 0.3) is 0 Å². The van der Waals surface area contributed by atoms with Crippen LogP contribution in [0.15, 0.2) is 47.4 Å². The number of benzene rings is 2. The standard InChI is InChI=1S/C23H31N3O5S/c1-4-6-13-26(14-7-5-2)19-15-17(22-24-25-23(27)31-22)16-20(32(3,28)29)21(19)30-18-11-9-8-10-12-18/h8-12,15-16,22,24H,4-7,13-14H2,1-3H3,(H,25,27). The number of nitrogens with one attached hydrogen (secondary N) is 2. The van der Waals surface area contributed by atoms with Gasteiger partial charge in [-0.1, -0.05) is 44.9 Å². The van der Waals surface area contributed by atoms with Gasteiger partial charge in [0.15, 0.2) is 21.8 Å². The molecule has 0 aromatic heterocycles. The first kappa shape index (κ1) is 23.9. The highest BCUT2D eigenvalue weighted by Crippen LogP contribution is 2.41. The van der Waals surface area contributed by atoms with E-state index in [1.54, 1.807) is 12.1 Å². The quantitative estimate of drug-likeness (QED) is 0.507. The van der Waals surface area contributed by atoms with Crippen LogP contribution in [-0.4, -0.2) is 33.9 Å². The van der Waals surface area contributed by atoms with Crippen LogP contribution in [0.3, 0.4) is 0 Å². The summed E-state index contributed by atoms with van der Waals surface area (Å²) >= 11 is 0. The van der Waals surface area contributed by atoms with Gasteiger partial charge in [0, 0.05) is 24.9 Å². The van der Waals surface area contributed by atoms with Crippen LogP contribution >= 0.6 is 0 Å². The van der Waals surface area contributed by atoms with Crippen LogP contribution in [-0.2, 0) is 14.6 Å². The molecule has 32 heavy (non-hydrogen) atoms. The number of ether oxygens (including phenoxy) is 2. The van der Waals surface area contributed by atoms with E-state index < -0.39 is 22.2 Å². The van der Waals surface area contributed by atoms with Crippen molar-refractivity contribution in [2.45, 2.75) is 50.7 Å². The highest BCUT2D eigenvalue weighted by Gasteiger charge is 2.30. The maximum Gasteiger partial charge on any atom is 0.423 e. The van der Waals surface area contributed by atoms with Gasteiger partial charge in [0.05, 0.1) is 5.69 Å². The van der Waals surface area contributed by atoms with E-state index in [1.807, 2.05) is 24.3 Å². The Balaban J connectivity index is 2.18. The number of carbonyl (C=O) groups excluding carboxylic acids is 1. The number of sulfone groups is 1. The van der Waals surface area contributed by atoms with Crippen molar-refractivity contribution in [3.05, 3.63) is 48.0 Å². The summed E-state index contributed by atoms with van der Waals surface area (Å²) < 4.78 is 37.1. The molecular weight excluding hydrogens is 430 g/mol. The molecule has 1 saturated heterocycles. The first-order valence-electron chi connectivity index (χ1n) is 10.9. The van der Waals surface area contributed by atoms with Crippen LogP contribution in [0.4, 0.5) is 10.5 Å². The minimum Gasteiger partial charge on any atom is -0.454 e. The molecule has 0 radical (unpaired) electrons. The number of anilines is 1. The van der Waals surface area contributed by atoms with Crippen LogP contribution in [0.5, 0.6) is 11.5 Å². The molecule has 1 aliphatic heterocycles. The summed E-state index contributed by atoms with van der Waals surface area (Å²) in [5.41, 5.74) is 6.33. The lowest BCUT2D eigenvalue weighted by Crippen LogP contribution is -2.28. The number of hydrogen-bond acceptors (Lipinski definition) is 7. The van der Waals surface area contributed by atoms with Crippen LogP contribution in [0, 0.1) is 0 Å². The Morgan fingerprint density at radius 2 is 1.72 bits per heavy atom. The van der Waals surface area contributed by atoms with Gasteiger partial charge >= 0.3 is 6.09 Å². The SMILES string of the molecule is CCCCN(CCCC)c1cc(C2NNC(=O)O2)cc(S(C)(=O)=O)c1Oc1ccccc1. The normalized spacial score (nSPS) is 15.8. The molecule has 2 N–H and O–H groups in total. The summed E-state index contributed by atoms with van der Waals surface area (Å²) in [6.45, 7) is 5.74. The molecule has 1 heterocycles. The Morgan fingerprint density at radius 3 is 2.25 bits per heavy atom. The minimum atomic E-state index is -3.66. The number of nitrogens with zero attached hydrogens (tertiary/aromatic N) is 1. The lowest BCUT2D eigenvalue weighted by molar-refractivity contribution is 0.130. The summed E-state index contributed by atoms with van der Waals surface area (Å²) in [5.74, 6) is 0.830. The summed E-state index contributed by atoms with van der Waals surface area (Å²) in [4.78, 5) is 13.8. The van der Waals surface area contributed by atoms with Crippen LogP contribution < -0.4 is 20.5 Å². The zero-order valence-corrected chi connectivity index (χ0v) is 19.6. The predicted octanol–water partition coefficient (Wildman–Crippen LogP) is 4.53. The van der Waals surface area contributed by atoms with Gasteiger partial charge in [0.2, 0.25) is 0 Å². The molecule has 0 saturated carbocycles. The molecular formula is C23H31N3O5S. The maximum absolute atomic E-state index is 12.8. The monoisotopic (exact) mass is 461 g/mol. The Labute approximate surface area is 189 Å². The van der Waals surface area contributed by atoms with E-state index >= 15 is 0 Å². The van der Waals surface area contributed by atoms with Gasteiger partial charge in [-0.2, -0.15) is 5.43 Å². The third kappa shape index (κ3) is 5.92. The molecule has 2 aromatic carbocycles. The van der Waals surface area contributed by atoms with Gasteiger partial charge in [0.1, 0.15) is 10.6 Å². The van der Waals surface area contributed by atoms with Crippen LogP contribution in [0.2, 0.25) is 0 Å². The summed E-state index contributed by atoms with van der Waals surface area (Å²) in [6, 6.07) is 12.5. The van der Waals surface area contributed by atoms with Crippen LogP contribution in [0.1, 0.15) is 51.3 Å². The highest BCUT2D eigenvalue weighted by atomic mass is 32.2. The van der Waals surface area contributed by atoms with Gasteiger partial charge in [-0.3, -0.25) is 5.43 Å². The van der Waals surface area contributed by atoms with E-state index in [0.29, 0.717) is 17.0 Å². The Kier molecular flexibility index (Phi) is 7.98. The zero-order valence-electron chi connectivity index (χ0n) is 18.8. The Morgan fingerprint density at radius 1 is 1.06 bits per heavy atom. The van der Waals surface area contributed by atoms with Gasteiger partial charge in [0.25, 0.3) is 0 Å². The summed E-state index contributed by atoms with van der Waals surface area (Å²) in [5, 5.41) is 0. The topological polar surface area (TPSA) is 97.0 Å². The average Bonchev–Trinajstić information content (AvgIpc) is 3.20. The summed E-state index contributed by atoms with van der Waals surface area (Å²) in [7, 11) is -3.66. The lowest BCUT2D eigenvalue weighted by atomic mass is 10.1. The molecule has 3 rings (SSSR count). The number of rotatable bonds is 11. The third-order valence-electron chi connectivity index (χ3n) is 5.16. The third-order valence-corrected chi connectivity index (χ3v) is 6.26. The second kappa shape index (κ2) is 10.7. The Hall–Kier alpha value is -2.78. The average molecular weight is 462 g/mol. The van der Waals surface area contributed by atoms with E-state index in [0.717, 1.165) is 45.0 Å². The molecule has 1 aliphatic rings. The van der Waals surface area contributed by atoms with Crippen molar-refractivity contribution in [1.29, 1.82) is 0 Å². The van der Waals surface area contributed by atoms with E-state index in [1.165, 1.54) is 6.07 Å². The molecule has 8 nitrogen and oxygen atoms in total. The van der Waals surface area contributed by atoms with Crippen molar-refractivity contribution in [2.75, 3.05) is 24.2 Å². The number of carbonyl (C=O) groups is 1. The minimum absolute atomic E-state index is 0.0524. The fourth-order valence-electron chi connectivity index (χ4n) is 3.47. The largest absolute Gasteiger partial charge is 0.454 e. The van der Waals surface area contributed by atoms with E-state index in [-0.39, 0.29) is 10.6 Å². The van der Waals surface area contributed by atoms with E-state index in [2.05, 4.69) is 29.6 Å². The second-order valence-electron chi connectivity index (χ2n) is 7.80. The molecule has 1 fully saturated rings. The molecule has 2 aromatic rings. The van der Waals surface area contributed by atoms with Gasteiger partial charge in [-0.25, -0.2) is 13.2 Å². The molecule has 0 aliphatic carbocycles. The zero-order chi connectivity index (χ0) is 23.1. The molecule has 0 spiro atoms. The van der Waals surface area contributed by atoms with Crippen molar-refractivity contribution in [1.82, 2.24) is 10.9 Å². The maximum atomic E-state index is 12.8. The molecule has 1 atom stereocenters. The molecule has 174 valence electrons.